The first-order valence-electron chi connectivity index (χ1n) is 14.8. The molecule has 3 saturated carbocycles. The Morgan fingerprint density at radius 1 is 1.02 bits per heavy atom. The van der Waals surface area contributed by atoms with E-state index in [1.165, 1.54) is 14.2 Å². The van der Waals surface area contributed by atoms with E-state index in [1.807, 2.05) is 13.0 Å². The second-order valence-electron chi connectivity index (χ2n) is 15.0. The Hall–Kier alpha value is -2.63. The van der Waals surface area contributed by atoms with Crippen LogP contribution in [0.3, 0.4) is 0 Å². The van der Waals surface area contributed by atoms with Gasteiger partial charge >= 0.3 is 5.97 Å². The molecule has 222 valence electrons. The van der Waals surface area contributed by atoms with Crippen molar-refractivity contribution in [2.75, 3.05) is 14.2 Å². The monoisotopic (exact) mass is 564 g/mol. The standard InChI is InChI=1S/C33H44N2O6/c1-27(2)9-12-32(26(39)40-7)13-10-29(4)24(21(32)17-27)22(37)15-23-28(29,3)11-14-33(35-41-8)30(23,5)16-20(18-34)25(38)31(33,6)19-36/h15-16,19,21,24,35H,9-14,17H2,1-8H3/t21?,24?,28-,29-,30-,31-,32+,33+/m1/s1. The summed E-state index contributed by atoms with van der Waals surface area (Å²) in [7, 11) is 2.90. The number of allylic oxidation sites excluding steroid dienone is 2. The van der Waals surface area contributed by atoms with Gasteiger partial charge in [0.1, 0.15) is 17.8 Å². The minimum atomic E-state index is -1.60. The fraction of sp³-hybridized carbons (Fsp3) is 0.727. The van der Waals surface area contributed by atoms with E-state index in [4.69, 9.17) is 9.57 Å². The predicted molar refractivity (Wildman–Crippen MR) is 151 cm³/mol. The number of hydroxylamine groups is 1. The molecule has 5 rings (SSSR count). The van der Waals surface area contributed by atoms with Gasteiger partial charge in [0.2, 0.25) is 0 Å². The number of hydrogen-bond donors (Lipinski definition) is 1. The number of Topliss-reactive ketones (excluding diaryl/α,β-unsaturated/α-hetero) is 1. The molecular formula is C33H44N2O6. The minimum Gasteiger partial charge on any atom is -0.469 e. The van der Waals surface area contributed by atoms with Crippen LogP contribution in [0.25, 0.3) is 0 Å². The van der Waals surface area contributed by atoms with Crippen LogP contribution in [-0.4, -0.2) is 43.6 Å². The zero-order valence-electron chi connectivity index (χ0n) is 25.7. The van der Waals surface area contributed by atoms with Crippen molar-refractivity contribution in [2.45, 2.75) is 92.0 Å². The maximum atomic E-state index is 14.6. The maximum Gasteiger partial charge on any atom is 0.312 e. The summed E-state index contributed by atoms with van der Waals surface area (Å²) in [6.07, 6.45) is 8.73. The number of esters is 1. The molecule has 3 fully saturated rings. The number of aldehydes is 1. The van der Waals surface area contributed by atoms with Gasteiger partial charge in [0.05, 0.1) is 30.7 Å². The highest BCUT2D eigenvalue weighted by atomic mass is 16.6. The molecule has 0 aliphatic heterocycles. The zero-order chi connectivity index (χ0) is 30.4. The number of nitrogens with zero attached hydrogens (tertiary/aromatic N) is 1. The highest BCUT2D eigenvalue weighted by Crippen LogP contribution is 2.75. The molecule has 8 heteroatoms. The first-order valence-corrected chi connectivity index (χ1v) is 14.8. The largest absolute Gasteiger partial charge is 0.469 e. The Morgan fingerprint density at radius 3 is 2.27 bits per heavy atom. The number of hydrogen-bond acceptors (Lipinski definition) is 8. The van der Waals surface area contributed by atoms with Gasteiger partial charge in [-0.2, -0.15) is 10.7 Å². The summed E-state index contributed by atoms with van der Waals surface area (Å²) in [6, 6.07) is 2.04. The normalized spacial score (nSPS) is 46.4. The van der Waals surface area contributed by atoms with Gasteiger partial charge in [-0.05, 0) is 85.7 Å². The third kappa shape index (κ3) is 3.34. The topological polar surface area (TPSA) is 123 Å². The number of rotatable bonds is 4. The van der Waals surface area contributed by atoms with Crippen molar-refractivity contribution < 1.29 is 28.8 Å². The molecule has 5 aliphatic carbocycles. The highest BCUT2D eigenvalue weighted by molar-refractivity contribution is 6.13. The van der Waals surface area contributed by atoms with Gasteiger partial charge in [-0.3, -0.25) is 14.4 Å². The van der Waals surface area contributed by atoms with Crippen molar-refractivity contribution in [3.8, 4) is 6.07 Å². The first-order chi connectivity index (χ1) is 19.0. The number of carbonyl (C=O) groups excluding carboxylic acids is 4. The summed E-state index contributed by atoms with van der Waals surface area (Å²) in [6.45, 7) is 12.3. The van der Waals surface area contributed by atoms with Crippen molar-refractivity contribution in [1.82, 2.24) is 5.48 Å². The van der Waals surface area contributed by atoms with Gasteiger partial charge in [0.15, 0.2) is 11.6 Å². The van der Waals surface area contributed by atoms with Gasteiger partial charge in [-0.1, -0.05) is 40.7 Å². The molecule has 8 nitrogen and oxygen atoms in total. The number of ether oxygens (including phenoxy) is 1. The molecule has 0 aromatic rings. The summed E-state index contributed by atoms with van der Waals surface area (Å²) in [5.41, 5.74) is -1.76. The molecule has 0 aromatic heterocycles. The predicted octanol–water partition coefficient (Wildman–Crippen LogP) is 4.83. The number of nitriles is 1. The van der Waals surface area contributed by atoms with Gasteiger partial charge in [-0.25, -0.2) is 0 Å². The molecule has 2 unspecified atom stereocenters. The molecule has 0 heterocycles. The van der Waals surface area contributed by atoms with E-state index in [2.05, 4.69) is 33.2 Å². The van der Waals surface area contributed by atoms with E-state index in [9.17, 15) is 24.4 Å². The summed E-state index contributed by atoms with van der Waals surface area (Å²) < 4.78 is 5.40. The number of fused-ring (bicyclic) bond motifs is 7. The van der Waals surface area contributed by atoms with Crippen molar-refractivity contribution in [2.24, 2.45) is 44.3 Å². The molecule has 0 aromatic carbocycles. The van der Waals surface area contributed by atoms with Gasteiger partial charge in [-0.15, -0.1) is 0 Å². The Bertz CT molecular complexity index is 1340. The minimum absolute atomic E-state index is 0.0123. The smallest absolute Gasteiger partial charge is 0.312 e. The van der Waals surface area contributed by atoms with Crippen LogP contribution in [0.4, 0.5) is 0 Å². The fourth-order valence-electron chi connectivity index (χ4n) is 10.4. The maximum absolute atomic E-state index is 14.6. The van der Waals surface area contributed by atoms with Crippen LogP contribution in [0, 0.1) is 55.7 Å². The second-order valence-corrected chi connectivity index (χ2v) is 15.0. The van der Waals surface area contributed by atoms with Crippen LogP contribution in [0.15, 0.2) is 23.3 Å². The van der Waals surface area contributed by atoms with E-state index >= 15 is 0 Å². The molecule has 8 atom stereocenters. The van der Waals surface area contributed by atoms with Crippen molar-refractivity contribution >= 4 is 23.8 Å². The van der Waals surface area contributed by atoms with Crippen LogP contribution in [0.5, 0.6) is 0 Å². The van der Waals surface area contributed by atoms with Crippen LogP contribution >= 0.6 is 0 Å². The molecule has 0 radical (unpaired) electrons. The van der Waals surface area contributed by atoms with Gasteiger partial charge < -0.3 is 14.4 Å². The Morgan fingerprint density at radius 2 is 1.68 bits per heavy atom. The average molecular weight is 565 g/mol. The fourth-order valence-corrected chi connectivity index (χ4v) is 10.4. The first kappa shape index (κ1) is 29.8. The van der Waals surface area contributed by atoms with E-state index in [0.29, 0.717) is 38.4 Å². The van der Waals surface area contributed by atoms with Crippen LogP contribution < -0.4 is 5.48 Å². The van der Waals surface area contributed by atoms with Crippen molar-refractivity contribution in [3.63, 3.8) is 0 Å². The number of carbonyl (C=O) groups is 4. The quantitative estimate of drug-likeness (QED) is 0.223. The van der Waals surface area contributed by atoms with Crippen molar-refractivity contribution in [3.05, 3.63) is 23.3 Å². The third-order valence-electron chi connectivity index (χ3n) is 13.1. The third-order valence-corrected chi connectivity index (χ3v) is 13.1. The molecule has 0 bridgehead atoms. The summed E-state index contributed by atoms with van der Waals surface area (Å²) in [4.78, 5) is 59.9. The lowest BCUT2D eigenvalue weighted by molar-refractivity contribution is -0.195. The summed E-state index contributed by atoms with van der Waals surface area (Å²) >= 11 is 0. The van der Waals surface area contributed by atoms with E-state index in [-0.39, 0.29) is 34.6 Å². The van der Waals surface area contributed by atoms with Gasteiger partial charge in [0, 0.05) is 11.3 Å². The number of ketones is 2. The Balaban J connectivity index is 1.77. The van der Waals surface area contributed by atoms with E-state index in [1.54, 1.807) is 19.1 Å². The lowest BCUT2D eigenvalue weighted by atomic mass is 9.33. The zero-order valence-corrected chi connectivity index (χ0v) is 25.7. The molecule has 0 amide bonds. The molecule has 0 saturated heterocycles. The SMILES string of the molecule is CON[C@@]12CC[C@]3(C)C(=CC(=O)C4C5CC(C)(C)CC[C@]5(C(=O)OC)CC[C@]43C)[C@@]1(C)C=C(C#N)C(=O)[C@@]2(C)C=O. The summed E-state index contributed by atoms with van der Waals surface area (Å²) in [5, 5.41) is 10.0. The highest BCUT2D eigenvalue weighted by Gasteiger charge is 2.75. The Kier molecular flexibility index (Phi) is 6.51. The molecule has 0 spiro atoms. The van der Waals surface area contributed by atoms with Crippen LogP contribution in [-0.2, 0) is 28.8 Å². The lowest BCUT2D eigenvalue weighted by Gasteiger charge is -2.71. The number of methoxy groups -OCH3 is 1. The van der Waals surface area contributed by atoms with Crippen LogP contribution in [0.1, 0.15) is 86.5 Å². The molecular weight excluding hydrogens is 520 g/mol. The van der Waals surface area contributed by atoms with E-state index in [0.717, 1.165) is 18.4 Å². The van der Waals surface area contributed by atoms with Crippen LogP contribution in [0.2, 0.25) is 0 Å². The second kappa shape index (κ2) is 8.94. The van der Waals surface area contributed by atoms with Gasteiger partial charge in [0.25, 0.3) is 0 Å². The lowest BCUT2D eigenvalue weighted by Crippen LogP contribution is -2.76. The summed E-state index contributed by atoms with van der Waals surface area (Å²) in [5.74, 6) is -1.31. The average Bonchev–Trinajstić information content (AvgIpc) is 2.93. The Labute approximate surface area is 243 Å². The molecule has 41 heavy (non-hydrogen) atoms. The molecule has 5 aliphatic rings. The number of nitrogens with one attached hydrogen (secondary N) is 1. The molecule has 1 N–H and O–H groups in total. The van der Waals surface area contributed by atoms with E-state index < -0.39 is 38.4 Å². The van der Waals surface area contributed by atoms with Crippen molar-refractivity contribution in [1.29, 1.82) is 5.26 Å².